The van der Waals surface area contributed by atoms with Gasteiger partial charge in [0.25, 0.3) is 0 Å². The lowest BCUT2D eigenvalue weighted by Crippen LogP contribution is -2.50. The molecule has 1 aromatic rings. The number of aliphatic hydroxyl groups is 1. The van der Waals surface area contributed by atoms with Crippen molar-refractivity contribution in [2.24, 2.45) is 5.41 Å². The number of aliphatic carboxylic acids is 1. The minimum Gasteiger partial charge on any atom is -0.491 e. The number of hydrogen-bond donors (Lipinski definition) is 3. The van der Waals surface area contributed by atoms with Crippen LogP contribution in [0.25, 0.3) is 5.57 Å². The van der Waals surface area contributed by atoms with Crippen LogP contribution < -0.4 is 10.1 Å². The van der Waals surface area contributed by atoms with Crippen LogP contribution in [0, 0.1) is 5.41 Å². The molecule has 0 radical (unpaired) electrons. The van der Waals surface area contributed by atoms with E-state index in [0.29, 0.717) is 26.0 Å². The number of hydrogen-bond acceptors (Lipinski definition) is 4. The van der Waals surface area contributed by atoms with Gasteiger partial charge in [-0.1, -0.05) is 37.5 Å². The fourth-order valence-electron chi connectivity index (χ4n) is 4.07. The van der Waals surface area contributed by atoms with E-state index in [2.05, 4.69) is 11.4 Å². The molecule has 5 nitrogen and oxygen atoms in total. The second kappa shape index (κ2) is 6.46. The molecule has 1 saturated carbocycles. The standard InChI is InChI=1S/C20H25NO4/c22-18-15-7-6-14(13-4-5-13)10-17(15)25-11-16(18)21-12-20(19(23)24)8-2-1-3-9-20/h4,6-7,10,16,18,21-22H,1-3,5,8-9,11-12H2,(H,23,24)/t16-,18+/m0/s1. The van der Waals surface area contributed by atoms with E-state index in [9.17, 15) is 15.0 Å². The molecule has 1 heterocycles. The number of fused-ring (bicyclic) bond motifs is 1. The summed E-state index contributed by atoms with van der Waals surface area (Å²) in [5, 5.41) is 23.7. The van der Waals surface area contributed by atoms with E-state index < -0.39 is 17.5 Å². The molecule has 25 heavy (non-hydrogen) atoms. The first kappa shape index (κ1) is 16.6. The van der Waals surface area contributed by atoms with Gasteiger partial charge in [-0.3, -0.25) is 4.79 Å². The van der Waals surface area contributed by atoms with Gasteiger partial charge in [0.15, 0.2) is 0 Å². The molecule has 134 valence electrons. The molecule has 3 aliphatic rings. The van der Waals surface area contributed by atoms with E-state index >= 15 is 0 Å². The highest BCUT2D eigenvalue weighted by molar-refractivity contribution is 5.78. The molecule has 3 N–H and O–H groups in total. The SMILES string of the molecule is O=C(O)C1(CN[C@H]2COc3cc(C4=CC4)ccc3[C@H]2O)CCCCC1. The van der Waals surface area contributed by atoms with Gasteiger partial charge in [0, 0.05) is 12.1 Å². The third-order valence-electron chi connectivity index (χ3n) is 5.88. The van der Waals surface area contributed by atoms with Crippen molar-refractivity contribution in [2.75, 3.05) is 13.2 Å². The summed E-state index contributed by atoms with van der Waals surface area (Å²) in [6, 6.07) is 5.66. The topological polar surface area (TPSA) is 78.8 Å². The number of aliphatic hydroxyl groups excluding tert-OH is 1. The second-order valence-electron chi connectivity index (χ2n) is 7.58. The summed E-state index contributed by atoms with van der Waals surface area (Å²) in [4.78, 5) is 11.8. The van der Waals surface area contributed by atoms with E-state index in [-0.39, 0.29) is 6.04 Å². The van der Waals surface area contributed by atoms with Crippen molar-refractivity contribution >= 4 is 11.5 Å². The third-order valence-corrected chi connectivity index (χ3v) is 5.88. The lowest BCUT2D eigenvalue weighted by atomic mass is 9.74. The molecule has 0 amide bonds. The molecule has 0 unspecified atom stereocenters. The van der Waals surface area contributed by atoms with Crippen LogP contribution in [0.2, 0.25) is 0 Å². The summed E-state index contributed by atoms with van der Waals surface area (Å²) in [5.41, 5.74) is 2.55. The Hall–Kier alpha value is -1.85. The molecule has 5 heteroatoms. The molecule has 1 aromatic carbocycles. The molecule has 4 rings (SSSR count). The number of carboxylic acids is 1. The molecular formula is C20H25NO4. The number of nitrogens with one attached hydrogen (secondary N) is 1. The van der Waals surface area contributed by atoms with Crippen LogP contribution in [0.15, 0.2) is 24.3 Å². The zero-order valence-corrected chi connectivity index (χ0v) is 14.3. The number of benzene rings is 1. The van der Waals surface area contributed by atoms with Crippen LogP contribution in [0.1, 0.15) is 55.8 Å². The van der Waals surface area contributed by atoms with Gasteiger partial charge in [0.2, 0.25) is 0 Å². The maximum absolute atomic E-state index is 11.8. The van der Waals surface area contributed by atoms with Crippen molar-refractivity contribution in [3.05, 3.63) is 35.4 Å². The molecule has 1 aliphatic heterocycles. The predicted molar refractivity (Wildman–Crippen MR) is 94.4 cm³/mol. The number of rotatable bonds is 5. The highest BCUT2D eigenvalue weighted by atomic mass is 16.5. The van der Waals surface area contributed by atoms with Crippen molar-refractivity contribution in [2.45, 2.75) is 50.7 Å². The highest BCUT2D eigenvalue weighted by Gasteiger charge is 2.41. The number of carboxylic acid groups (broad SMARTS) is 1. The maximum Gasteiger partial charge on any atom is 0.310 e. The summed E-state index contributed by atoms with van der Waals surface area (Å²) >= 11 is 0. The predicted octanol–water partition coefficient (Wildman–Crippen LogP) is 2.89. The van der Waals surface area contributed by atoms with Gasteiger partial charge in [-0.2, -0.15) is 0 Å². The van der Waals surface area contributed by atoms with Crippen molar-refractivity contribution in [3.8, 4) is 5.75 Å². The van der Waals surface area contributed by atoms with Gasteiger partial charge in [-0.15, -0.1) is 0 Å². The van der Waals surface area contributed by atoms with Gasteiger partial charge in [-0.05, 0) is 36.5 Å². The van der Waals surface area contributed by atoms with Gasteiger partial charge >= 0.3 is 5.97 Å². The Morgan fingerprint density at radius 2 is 2.04 bits per heavy atom. The lowest BCUT2D eigenvalue weighted by molar-refractivity contribution is -0.151. The van der Waals surface area contributed by atoms with E-state index in [1.54, 1.807) is 0 Å². The maximum atomic E-state index is 11.8. The molecule has 0 bridgehead atoms. The summed E-state index contributed by atoms with van der Waals surface area (Å²) in [6.45, 7) is 0.736. The van der Waals surface area contributed by atoms with Crippen molar-refractivity contribution in [3.63, 3.8) is 0 Å². The molecule has 2 atom stereocenters. The first-order valence-electron chi connectivity index (χ1n) is 9.20. The van der Waals surface area contributed by atoms with Gasteiger partial charge in [0.05, 0.1) is 11.5 Å². The average molecular weight is 343 g/mol. The monoisotopic (exact) mass is 343 g/mol. The Kier molecular flexibility index (Phi) is 4.29. The Morgan fingerprint density at radius 3 is 2.72 bits per heavy atom. The van der Waals surface area contributed by atoms with Gasteiger partial charge in [-0.25, -0.2) is 0 Å². The lowest BCUT2D eigenvalue weighted by Gasteiger charge is -2.37. The van der Waals surface area contributed by atoms with Crippen LogP contribution in [-0.4, -0.2) is 35.4 Å². The molecule has 0 saturated heterocycles. The number of allylic oxidation sites excluding steroid dienone is 2. The zero-order valence-electron chi connectivity index (χ0n) is 14.3. The fourth-order valence-corrected chi connectivity index (χ4v) is 4.07. The van der Waals surface area contributed by atoms with E-state index in [1.807, 2.05) is 18.2 Å². The highest BCUT2D eigenvalue weighted by Crippen LogP contribution is 2.39. The normalized spacial score (nSPS) is 27.0. The Labute approximate surface area is 147 Å². The van der Waals surface area contributed by atoms with Crippen LogP contribution in [0.5, 0.6) is 5.75 Å². The smallest absolute Gasteiger partial charge is 0.310 e. The van der Waals surface area contributed by atoms with Crippen molar-refractivity contribution in [1.29, 1.82) is 0 Å². The van der Waals surface area contributed by atoms with Crippen LogP contribution in [0.4, 0.5) is 0 Å². The summed E-state index contributed by atoms with van der Waals surface area (Å²) < 4.78 is 5.86. The van der Waals surface area contributed by atoms with Crippen molar-refractivity contribution < 1.29 is 19.7 Å². The van der Waals surface area contributed by atoms with Crippen LogP contribution in [-0.2, 0) is 4.79 Å². The fraction of sp³-hybridized carbons (Fsp3) is 0.550. The number of carbonyl (C=O) groups is 1. The van der Waals surface area contributed by atoms with E-state index in [1.165, 1.54) is 5.57 Å². The van der Waals surface area contributed by atoms with E-state index in [0.717, 1.165) is 42.6 Å². The van der Waals surface area contributed by atoms with Crippen molar-refractivity contribution in [1.82, 2.24) is 5.32 Å². The first-order chi connectivity index (χ1) is 12.1. The quantitative estimate of drug-likeness (QED) is 0.766. The van der Waals surface area contributed by atoms with Crippen LogP contribution >= 0.6 is 0 Å². The largest absolute Gasteiger partial charge is 0.491 e. The molecule has 1 fully saturated rings. The third kappa shape index (κ3) is 3.18. The molecule has 2 aliphatic carbocycles. The Balaban J connectivity index is 1.45. The second-order valence-corrected chi connectivity index (χ2v) is 7.58. The molecule has 0 spiro atoms. The minimum atomic E-state index is -0.728. The molecular weight excluding hydrogens is 318 g/mol. The van der Waals surface area contributed by atoms with Gasteiger partial charge < -0.3 is 20.3 Å². The average Bonchev–Trinajstić information content (AvgIpc) is 3.47. The van der Waals surface area contributed by atoms with Gasteiger partial charge in [0.1, 0.15) is 18.5 Å². The summed E-state index contributed by atoms with van der Waals surface area (Å²) in [6.07, 6.45) is 6.95. The zero-order chi connectivity index (χ0) is 17.4. The number of ether oxygens (including phenoxy) is 1. The summed E-state index contributed by atoms with van der Waals surface area (Å²) in [7, 11) is 0. The molecule has 0 aromatic heterocycles. The summed E-state index contributed by atoms with van der Waals surface area (Å²) in [5.74, 6) is 0.00938. The van der Waals surface area contributed by atoms with Crippen LogP contribution in [0.3, 0.4) is 0 Å². The Bertz CT molecular complexity index is 706. The van der Waals surface area contributed by atoms with E-state index in [4.69, 9.17) is 4.74 Å². The Morgan fingerprint density at radius 1 is 1.28 bits per heavy atom. The minimum absolute atomic E-state index is 0.281. The first-order valence-corrected chi connectivity index (χ1v) is 9.20.